The van der Waals surface area contributed by atoms with Gasteiger partial charge in [0.2, 0.25) is 0 Å². The summed E-state index contributed by atoms with van der Waals surface area (Å²) in [6, 6.07) is 6.97. The molecule has 1 fully saturated rings. The Morgan fingerprint density at radius 3 is 2.63 bits per heavy atom. The number of ether oxygens (including phenoxy) is 1. The largest absolute Gasteiger partial charge is 0.464 e. The number of hydrogen-bond donors (Lipinski definition) is 1. The summed E-state index contributed by atoms with van der Waals surface area (Å²) in [5, 5.41) is 3.33. The van der Waals surface area contributed by atoms with Crippen molar-refractivity contribution in [2.24, 2.45) is 5.92 Å². The van der Waals surface area contributed by atoms with Crippen LogP contribution in [0.5, 0.6) is 0 Å². The van der Waals surface area contributed by atoms with E-state index in [-0.39, 0.29) is 11.6 Å². The van der Waals surface area contributed by atoms with Crippen LogP contribution in [-0.2, 0) is 10.9 Å². The van der Waals surface area contributed by atoms with Crippen molar-refractivity contribution >= 4 is 5.97 Å². The molecule has 2 atom stereocenters. The quantitative estimate of drug-likeness (QED) is 0.808. The highest BCUT2D eigenvalue weighted by molar-refractivity contribution is 5.87. The zero-order valence-corrected chi connectivity index (χ0v) is 15.1. The standard InChI is InChI=1S/C20H21F3N2O2/c1-3-12-9-24-11-17(12)15-6-5-14(20(21,22)23)8-16(15)13-4-7-18(25-10-13)19(26)27-2/h4-8,10,12,17,24H,3,9,11H2,1-2H3/t12-,17-/m0/s1. The number of nitrogens with one attached hydrogen (secondary N) is 1. The molecule has 1 aliphatic rings. The molecule has 27 heavy (non-hydrogen) atoms. The number of aromatic nitrogens is 1. The Morgan fingerprint density at radius 1 is 1.26 bits per heavy atom. The van der Waals surface area contributed by atoms with E-state index in [0.29, 0.717) is 17.0 Å². The maximum absolute atomic E-state index is 13.3. The molecule has 7 heteroatoms. The van der Waals surface area contributed by atoms with E-state index in [2.05, 4.69) is 22.0 Å². The fourth-order valence-electron chi connectivity index (χ4n) is 3.61. The molecule has 1 aromatic carbocycles. The molecule has 2 aromatic rings. The van der Waals surface area contributed by atoms with Crippen molar-refractivity contribution in [1.82, 2.24) is 10.3 Å². The minimum Gasteiger partial charge on any atom is -0.464 e. The van der Waals surface area contributed by atoms with Gasteiger partial charge >= 0.3 is 12.1 Å². The van der Waals surface area contributed by atoms with Crippen molar-refractivity contribution in [1.29, 1.82) is 0 Å². The molecule has 0 bridgehead atoms. The first-order valence-corrected chi connectivity index (χ1v) is 8.81. The predicted octanol–water partition coefficient (Wildman–Crippen LogP) is 4.27. The molecular weight excluding hydrogens is 357 g/mol. The number of nitrogens with zero attached hydrogens (tertiary/aromatic N) is 1. The number of pyridine rings is 1. The van der Waals surface area contributed by atoms with Crippen LogP contribution in [0.1, 0.15) is 40.9 Å². The smallest absolute Gasteiger partial charge is 0.416 e. The molecule has 0 saturated carbocycles. The van der Waals surface area contributed by atoms with Crippen molar-refractivity contribution in [2.45, 2.75) is 25.4 Å². The number of halogens is 3. The monoisotopic (exact) mass is 378 g/mol. The van der Waals surface area contributed by atoms with E-state index in [1.165, 1.54) is 25.4 Å². The number of carbonyl (C=O) groups is 1. The molecule has 1 N–H and O–H groups in total. The first kappa shape index (κ1) is 19.4. The van der Waals surface area contributed by atoms with E-state index in [0.717, 1.165) is 31.1 Å². The summed E-state index contributed by atoms with van der Waals surface area (Å²) in [6.45, 7) is 3.66. The molecule has 0 amide bonds. The summed E-state index contributed by atoms with van der Waals surface area (Å²) in [4.78, 5) is 15.6. The number of methoxy groups -OCH3 is 1. The van der Waals surface area contributed by atoms with Crippen LogP contribution in [-0.4, -0.2) is 31.2 Å². The minimum absolute atomic E-state index is 0.115. The maximum Gasteiger partial charge on any atom is 0.416 e. The fraction of sp³-hybridized carbons (Fsp3) is 0.400. The first-order chi connectivity index (χ1) is 12.8. The lowest BCUT2D eigenvalue weighted by atomic mass is 9.82. The molecule has 1 aliphatic heterocycles. The topological polar surface area (TPSA) is 51.2 Å². The second-order valence-corrected chi connectivity index (χ2v) is 6.66. The normalized spacial score (nSPS) is 19.9. The minimum atomic E-state index is -4.43. The maximum atomic E-state index is 13.3. The molecule has 4 nitrogen and oxygen atoms in total. The number of rotatable bonds is 4. The molecular formula is C20H21F3N2O2. The number of hydrogen-bond acceptors (Lipinski definition) is 4. The van der Waals surface area contributed by atoms with Gasteiger partial charge < -0.3 is 10.1 Å². The number of alkyl halides is 3. The second-order valence-electron chi connectivity index (χ2n) is 6.66. The number of benzene rings is 1. The van der Waals surface area contributed by atoms with Crippen LogP contribution >= 0.6 is 0 Å². The summed E-state index contributed by atoms with van der Waals surface area (Å²) in [5.74, 6) is -0.0905. The SMILES string of the molecule is CC[C@H]1CNC[C@@H]1c1ccc(C(F)(F)F)cc1-c1ccc(C(=O)OC)nc1. The van der Waals surface area contributed by atoms with Gasteiger partial charge in [0.25, 0.3) is 0 Å². The van der Waals surface area contributed by atoms with Gasteiger partial charge in [-0.3, -0.25) is 0 Å². The van der Waals surface area contributed by atoms with Crippen molar-refractivity contribution < 1.29 is 22.7 Å². The molecule has 1 saturated heterocycles. The van der Waals surface area contributed by atoms with Crippen LogP contribution in [0.3, 0.4) is 0 Å². The molecule has 0 radical (unpaired) electrons. The zero-order valence-electron chi connectivity index (χ0n) is 15.1. The Morgan fingerprint density at radius 2 is 2.04 bits per heavy atom. The van der Waals surface area contributed by atoms with Gasteiger partial charge in [-0.05, 0) is 41.8 Å². The van der Waals surface area contributed by atoms with Crippen molar-refractivity contribution in [2.75, 3.05) is 20.2 Å². The molecule has 3 rings (SSSR count). The summed E-state index contributed by atoms with van der Waals surface area (Å²) < 4.78 is 44.4. The lowest BCUT2D eigenvalue weighted by Crippen LogP contribution is -2.13. The van der Waals surface area contributed by atoms with E-state index in [1.54, 1.807) is 12.1 Å². The molecule has 2 heterocycles. The van der Waals surface area contributed by atoms with Crippen LogP contribution in [0.2, 0.25) is 0 Å². The Hall–Kier alpha value is -2.41. The highest BCUT2D eigenvalue weighted by Crippen LogP contribution is 2.40. The van der Waals surface area contributed by atoms with Crippen molar-refractivity contribution in [3.8, 4) is 11.1 Å². The molecule has 144 valence electrons. The third-order valence-electron chi connectivity index (χ3n) is 5.11. The highest BCUT2D eigenvalue weighted by atomic mass is 19.4. The van der Waals surface area contributed by atoms with Gasteiger partial charge in [-0.15, -0.1) is 0 Å². The van der Waals surface area contributed by atoms with Crippen LogP contribution in [0.15, 0.2) is 36.5 Å². The predicted molar refractivity (Wildman–Crippen MR) is 95.4 cm³/mol. The molecule has 0 aliphatic carbocycles. The Labute approximate surface area is 155 Å². The summed E-state index contributed by atoms with van der Waals surface area (Å²) >= 11 is 0. The Bertz CT molecular complexity index is 819. The first-order valence-electron chi connectivity index (χ1n) is 8.81. The van der Waals surface area contributed by atoms with Gasteiger partial charge in [-0.25, -0.2) is 9.78 Å². The van der Waals surface area contributed by atoms with Gasteiger partial charge in [0.1, 0.15) is 5.69 Å². The van der Waals surface area contributed by atoms with Crippen molar-refractivity contribution in [3.63, 3.8) is 0 Å². The molecule has 1 aromatic heterocycles. The van der Waals surface area contributed by atoms with E-state index in [1.807, 2.05) is 0 Å². The summed E-state index contributed by atoms with van der Waals surface area (Å²) in [6.07, 6.45) is -2.06. The molecule has 0 spiro atoms. The number of esters is 1. The zero-order chi connectivity index (χ0) is 19.6. The average Bonchev–Trinajstić information content (AvgIpc) is 3.15. The van der Waals surface area contributed by atoms with Gasteiger partial charge in [0.05, 0.1) is 12.7 Å². The lowest BCUT2D eigenvalue weighted by molar-refractivity contribution is -0.137. The third kappa shape index (κ3) is 3.98. The third-order valence-corrected chi connectivity index (χ3v) is 5.11. The fourth-order valence-corrected chi connectivity index (χ4v) is 3.61. The van der Waals surface area contributed by atoms with Crippen LogP contribution in [0.25, 0.3) is 11.1 Å². The highest BCUT2D eigenvalue weighted by Gasteiger charge is 2.34. The number of carbonyl (C=O) groups excluding carboxylic acids is 1. The molecule has 0 unspecified atom stereocenters. The van der Waals surface area contributed by atoms with Crippen LogP contribution in [0.4, 0.5) is 13.2 Å². The second kappa shape index (κ2) is 7.68. The Kier molecular flexibility index (Phi) is 5.51. The summed E-state index contributed by atoms with van der Waals surface area (Å²) in [7, 11) is 1.25. The lowest BCUT2D eigenvalue weighted by Gasteiger charge is -2.22. The van der Waals surface area contributed by atoms with E-state index in [4.69, 9.17) is 0 Å². The van der Waals surface area contributed by atoms with E-state index < -0.39 is 17.7 Å². The van der Waals surface area contributed by atoms with Gasteiger partial charge in [-0.2, -0.15) is 13.2 Å². The van der Waals surface area contributed by atoms with Crippen LogP contribution < -0.4 is 5.32 Å². The van der Waals surface area contributed by atoms with Gasteiger partial charge in [0.15, 0.2) is 0 Å². The van der Waals surface area contributed by atoms with Gasteiger partial charge in [-0.1, -0.05) is 25.5 Å². The average molecular weight is 378 g/mol. The van der Waals surface area contributed by atoms with E-state index in [9.17, 15) is 18.0 Å². The van der Waals surface area contributed by atoms with Gasteiger partial charge in [0, 0.05) is 24.2 Å². The summed E-state index contributed by atoms with van der Waals surface area (Å²) in [5.41, 5.74) is 1.33. The van der Waals surface area contributed by atoms with E-state index >= 15 is 0 Å². The van der Waals surface area contributed by atoms with Crippen LogP contribution in [0, 0.1) is 5.92 Å². The Balaban J connectivity index is 2.08. The van der Waals surface area contributed by atoms with Crippen molar-refractivity contribution in [3.05, 3.63) is 53.3 Å².